The Hall–Kier alpha value is -2.36. The molecule has 0 heterocycles. The van der Waals surface area contributed by atoms with E-state index in [0.717, 1.165) is 35.3 Å². The van der Waals surface area contributed by atoms with E-state index >= 15 is 0 Å². The van der Waals surface area contributed by atoms with Gasteiger partial charge in [-0.2, -0.15) is 0 Å². The summed E-state index contributed by atoms with van der Waals surface area (Å²) in [4.78, 5) is 0. The molecule has 0 aromatic heterocycles. The van der Waals surface area contributed by atoms with Gasteiger partial charge in [0.05, 0.1) is 11.4 Å². The molecule has 4 N–H and O–H groups in total. The Balaban J connectivity index is 1.56. The molecule has 2 aromatic carbocycles. The van der Waals surface area contributed by atoms with Crippen molar-refractivity contribution in [3.05, 3.63) is 46.5 Å². The summed E-state index contributed by atoms with van der Waals surface area (Å²) in [6, 6.07) is 9.40. The van der Waals surface area contributed by atoms with Crippen LogP contribution in [0.15, 0.2) is 24.3 Å². The van der Waals surface area contributed by atoms with E-state index in [9.17, 15) is 10.2 Å². The fourth-order valence-corrected chi connectivity index (χ4v) is 6.53. The number of aromatic hydroxyl groups is 2. The topological polar surface area (TPSA) is 64.5 Å². The van der Waals surface area contributed by atoms with Gasteiger partial charge >= 0.3 is 0 Å². The normalized spacial score (nSPS) is 23.8. The van der Waals surface area contributed by atoms with Gasteiger partial charge in [-0.25, -0.2) is 0 Å². The van der Waals surface area contributed by atoms with Crippen LogP contribution in [0.5, 0.6) is 11.5 Å². The van der Waals surface area contributed by atoms with E-state index < -0.39 is 0 Å². The minimum absolute atomic E-state index is 0.00330. The first-order valence-electron chi connectivity index (χ1n) is 15.0. The second-order valence-electron chi connectivity index (χ2n) is 16.6. The molecule has 0 unspecified atom stereocenters. The fourth-order valence-electron chi connectivity index (χ4n) is 6.53. The smallest absolute Gasteiger partial charge is 0.142 e. The van der Waals surface area contributed by atoms with Crippen molar-refractivity contribution in [2.75, 3.05) is 10.6 Å². The first-order chi connectivity index (χ1) is 17.7. The highest BCUT2D eigenvalue weighted by molar-refractivity contribution is 5.66. The standard InChI is InChI=1S/C35H54N2O2/c1-32(2,3)22-16-24(34(7,8)9)30(38)28(18-22)36-26-14-21-13-20(26)15-27(21)37-29-19-23(33(4,5)6)17-25(31(29)39)35(10,11)12/h16-21,26-27,36-39H,13-15H2,1-12H3/t20-,21-,26-,27-/m1/s1. The van der Waals surface area contributed by atoms with Crippen LogP contribution in [-0.2, 0) is 21.7 Å². The van der Waals surface area contributed by atoms with Gasteiger partial charge in [0.2, 0.25) is 0 Å². The van der Waals surface area contributed by atoms with Gasteiger partial charge in [0.25, 0.3) is 0 Å². The van der Waals surface area contributed by atoms with Crippen LogP contribution < -0.4 is 10.6 Å². The second-order valence-corrected chi connectivity index (χ2v) is 16.6. The molecule has 4 rings (SSSR count). The molecule has 39 heavy (non-hydrogen) atoms. The third-order valence-corrected chi connectivity index (χ3v) is 9.11. The Morgan fingerprint density at radius 2 is 0.846 bits per heavy atom. The highest BCUT2D eigenvalue weighted by Gasteiger charge is 2.46. The summed E-state index contributed by atoms with van der Waals surface area (Å²) in [6.07, 6.45) is 3.31. The quantitative estimate of drug-likeness (QED) is 0.296. The van der Waals surface area contributed by atoms with Gasteiger partial charge in [-0.3, -0.25) is 0 Å². The number of nitrogens with one attached hydrogen (secondary N) is 2. The van der Waals surface area contributed by atoms with Crippen LogP contribution >= 0.6 is 0 Å². The van der Waals surface area contributed by atoms with Crippen molar-refractivity contribution in [2.24, 2.45) is 11.8 Å². The average molecular weight is 535 g/mol. The maximum absolute atomic E-state index is 11.3. The molecule has 0 radical (unpaired) electrons. The SMILES string of the molecule is CC(C)(C)c1cc(N[C@@H]2C[C@H]3C[C@@H]2C[C@H]3Nc2cc(C(C)(C)C)cc(C(C)(C)C)c2O)c(O)c(C(C)(C)C)c1. The molecule has 2 aliphatic carbocycles. The molecular weight excluding hydrogens is 480 g/mol. The van der Waals surface area contributed by atoms with Gasteiger partial charge in [0, 0.05) is 23.2 Å². The van der Waals surface area contributed by atoms with E-state index in [4.69, 9.17) is 0 Å². The fraction of sp³-hybridized carbons (Fsp3) is 0.657. The predicted octanol–water partition coefficient (Wildman–Crippen LogP) is 8.98. The lowest BCUT2D eigenvalue weighted by Gasteiger charge is -2.33. The Kier molecular flexibility index (Phi) is 7.31. The Morgan fingerprint density at radius 3 is 1.10 bits per heavy atom. The molecule has 4 heteroatoms. The zero-order valence-corrected chi connectivity index (χ0v) is 26.6. The molecule has 4 nitrogen and oxygen atoms in total. The van der Waals surface area contributed by atoms with Crippen LogP contribution in [0.25, 0.3) is 0 Å². The lowest BCUT2D eigenvalue weighted by molar-refractivity contribution is 0.400. The maximum atomic E-state index is 11.3. The van der Waals surface area contributed by atoms with Crippen LogP contribution in [0.1, 0.15) is 125 Å². The minimum Gasteiger partial charge on any atom is -0.505 e. The van der Waals surface area contributed by atoms with E-state index in [1.54, 1.807) is 0 Å². The van der Waals surface area contributed by atoms with Crippen LogP contribution in [0, 0.1) is 11.8 Å². The molecule has 0 amide bonds. The highest BCUT2D eigenvalue weighted by Crippen LogP contribution is 2.50. The molecule has 2 aliphatic rings. The summed E-state index contributed by atoms with van der Waals surface area (Å²) in [6.45, 7) is 26.4. The van der Waals surface area contributed by atoms with Crippen LogP contribution in [0.4, 0.5) is 11.4 Å². The van der Waals surface area contributed by atoms with Crippen molar-refractivity contribution in [3.8, 4) is 11.5 Å². The molecule has 2 saturated carbocycles. The molecule has 0 saturated heterocycles. The van der Waals surface area contributed by atoms with Crippen molar-refractivity contribution >= 4 is 11.4 Å². The summed E-state index contributed by atoms with van der Waals surface area (Å²) >= 11 is 0. The van der Waals surface area contributed by atoms with Gasteiger partial charge in [-0.05, 0) is 76.0 Å². The predicted molar refractivity (Wildman–Crippen MR) is 167 cm³/mol. The molecule has 2 bridgehead atoms. The number of benzene rings is 2. The van der Waals surface area contributed by atoms with E-state index in [1.165, 1.54) is 17.5 Å². The third kappa shape index (κ3) is 6.05. The molecule has 0 aliphatic heterocycles. The summed E-state index contributed by atoms with van der Waals surface area (Å²) in [5.41, 5.74) is 5.99. The third-order valence-electron chi connectivity index (χ3n) is 9.11. The van der Waals surface area contributed by atoms with Crippen LogP contribution in [0.2, 0.25) is 0 Å². The number of hydrogen-bond donors (Lipinski definition) is 4. The van der Waals surface area contributed by atoms with Gasteiger partial charge in [-0.1, -0.05) is 95.2 Å². The Morgan fingerprint density at radius 1 is 0.513 bits per heavy atom. The van der Waals surface area contributed by atoms with Gasteiger partial charge < -0.3 is 20.8 Å². The zero-order chi connectivity index (χ0) is 29.3. The van der Waals surface area contributed by atoms with E-state index in [0.29, 0.717) is 35.4 Å². The molecule has 2 aromatic rings. The number of fused-ring (bicyclic) bond motifs is 2. The summed E-state index contributed by atoms with van der Waals surface area (Å²) in [5.74, 6) is 1.87. The number of phenolic OH excluding ortho intramolecular Hbond substituents is 2. The summed E-state index contributed by atoms with van der Waals surface area (Å²) in [7, 11) is 0. The van der Waals surface area contributed by atoms with Crippen molar-refractivity contribution in [3.63, 3.8) is 0 Å². The molecule has 4 atom stereocenters. The van der Waals surface area contributed by atoms with Crippen LogP contribution in [0.3, 0.4) is 0 Å². The lowest BCUT2D eigenvalue weighted by Crippen LogP contribution is -2.35. The molecule has 0 spiro atoms. The van der Waals surface area contributed by atoms with E-state index in [1.807, 2.05) is 0 Å². The maximum Gasteiger partial charge on any atom is 0.142 e. The van der Waals surface area contributed by atoms with Crippen molar-refractivity contribution in [2.45, 2.75) is 136 Å². The number of hydrogen-bond acceptors (Lipinski definition) is 4. The molecular formula is C35H54N2O2. The van der Waals surface area contributed by atoms with E-state index in [-0.39, 0.29) is 21.7 Å². The number of phenols is 2. The zero-order valence-electron chi connectivity index (χ0n) is 26.6. The molecule has 2 fully saturated rings. The largest absolute Gasteiger partial charge is 0.505 e. The second kappa shape index (κ2) is 9.63. The van der Waals surface area contributed by atoms with Gasteiger partial charge in [-0.15, -0.1) is 0 Å². The number of rotatable bonds is 4. The Labute approximate surface area is 238 Å². The lowest BCUT2D eigenvalue weighted by atomic mass is 9.79. The van der Waals surface area contributed by atoms with Crippen molar-refractivity contribution < 1.29 is 10.2 Å². The number of anilines is 2. The van der Waals surface area contributed by atoms with Gasteiger partial charge in [0.1, 0.15) is 11.5 Å². The first kappa shape index (κ1) is 29.6. The van der Waals surface area contributed by atoms with Gasteiger partial charge in [0.15, 0.2) is 0 Å². The summed E-state index contributed by atoms with van der Waals surface area (Å²) < 4.78 is 0. The molecule has 216 valence electrons. The van der Waals surface area contributed by atoms with Crippen molar-refractivity contribution in [1.82, 2.24) is 0 Å². The van der Waals surface area contributed by atoms with E-state index in [2.05, 4.69) is 118 Å². The first-order valence-corrected chi connectivity index (χ1v) is 15.0. The minimum atomic E-state index is -0.138. The van der Waals surface area contributed by atoms with Crippen LogP contribution in [-0.4, -0.2) is 22.3 Å². The monoisotopic (exact) mass is 534 g/mol. The summed E-state index contributed by atoms with van der Waals surface area (Å²) in [5, 5.41) is 30.2. The Bertz CT molecular complexity index is 1120. The highest BCUT2D eigenvalue weighted by atomic mass is 16.3. The van der Waals surface area contributed by atoms with Crippen molar-refractivity contribution in [1.29, 1.82) is 0 Å². The average Bonchev–Trinajstić information content (AvgIpc) is 3.33.